The smallest absolute Gasteiger partial charge is 0.128 e. The summed E-state index contributed by atoms with van der Waals surface area (Å²) in [7, 11) is 0. The molecule has 1 saturated heterocycles. The fourth-order valence-corrected chi connectivity index (χ4v) is 4.05. The molecule has 24 heavy (non-hydrogen) atoms. The summed E-state index contributed by atoms with van der Waals surface area (Å²) in [6.07, 6.45) is 3.11. The van der Waals surface area contributed by atoms with Crippen LogP contribution in [-0.2, 0) is 13.0 Å². The van der Waals surface area contributed by atoms with Gasteiger partial charge in [-0.15, -0.1) is 11.3 Å². The highest BCUT2D eigenvalue weighted by molar-refractivity contribution is 7.09. The first kappa shape index (κ1) is 17.5. The average Bonchev–Trinajstić information content (AvgIpc) is 3.14. The Morgan fingerprint density at radius 2 is 2.21 bits per heavy atom. The number of β-amino-alcohol motifs (C(OH)–C–C–N with tert-alkyl or cyclic N) is 1. The molecule has 2 aromatic rings. The van der Waals surface area contributed by atoms with E-state index in [-0.39, 0.29) is 6.04 Å². The Labute approximate surface area is 145 Å². The van der Waals surface area contributed by atoms with Gasteiger partial charge in [-0.05, 0) is 37.5 Å². The highest BCUT2D eigenvalue weighted by Gasteiger charge is 2.34. The molecule has 0 aliphatic carbocycles. The Hall–Kier alpha value is -1.37. The molecule has 1 aromatic heterocycles. The number of hydrogen-bond acceptors (Lipinski definition) is 4. The molecular formula is C18H22F2N2OS. The van der Waals surface area contributed by atoms with Crippen molar-refractivity contribution in [2.45, 2.75) is 51.3 Å². The molecule has 0 amide bonds. The van der Waals surface area contributed by atoms with Crippen molar-refractivity contribution in [2.24, 2.45) is 0 Å². The van der Waals surface area contributed by atoms with Gasteiger partial charge >= 0.3 is 0 Å². The molecule has 3 rings (SSSR count). The number of aliphatic hydroxyl groups excluding tert-OH is 1. The molecule has 1 fully saturated rings. The molecule has 0 bridgehead atoms. The van der Waals surface area contributed by atoms with Crippen LogP contribution in [0.25, 0.3) is 0 Å². The Kier molecular flexibility index (Phi) is 5.58. The number of thiazole rings is 1. The minimum Gasteiger partial charge on any atom is -0.392 e. The van der Waals surface area contributed by atoms with Crippen molar-refractivity contribution < 1.29 is 13.9 Å². The van der Waals surface area contributed by atoms with E-state index in [1.807, 2.05) is 10.3 Å². The maximum atomic E-state index is 14.1. The van der Waals surface area contributed by atoms with Gasteiger partial charge < -0.3 is 5.11 Å². The van der Waals surface area contributed by atoms with Gasteiger partial charge in [0.2, 0.25) is 0 Å². The minimum absolute atomic E-state index is 0.313. The number of aromatic nitrogens is 1. The number of halogens is 2. The highest BCUT2D eigenvalue weighted by atomic mass is 32.1. The number of rotatable bonds is 6. The van der Waals surface area contributed by atoms with Gasteiger partial charge in [0.1, 0.15) is 11.6 Å². The molecule has 1 aliphatic rings. The van der Waals surface area contributed by atoms with E-state index in [4.69, 9.17) is 0 Å². The predicted molar refractivity (Wildman–Crippen MR) is 90.9 cm³/mol. The molecule has 6 heteroatoms. The van der Waals surface area contributed by atoms with Crippen LogP contribution < -0.4 is 0 Å². The third-order valence-corrected chi connectivity index (χ3v) is 5.36. The third kappa shape index (κ3) is 3.99. The molecule has 0 radical (unpaired) electrons. The van der Waals surface area contributed by atoms with Crippen LogP contribution >= 0.6 is 11.3 Å². The first-order valence-corrected chi connectivity index (χ1v) is 9.25. The van der Waals surface area contributed by atoms with Crippen LogP contribution in [-0.4, -0.2) is 27.6 Å². The summed E-state index contributed by atoms with van der Waals surface area (Å²) in [6.45, 7) is 3.14. The lowest BCUT2D eigenvalue weighted by molar-refractivity contribution is 0.172. The molecule has 3 nitrogen and oxygen atoms in total. The second-order valence-electron chi connectivity index (χ2n) is 6.34. The minimum atomic E-state index is -0.532. The lowest BCUT2D eigenvalue weighted by Crippen LogP contribution is -2.25. The number of aliphatic hydroxyl groups is 1. The number of hydrogen-bond donors (Lipinski definition) is 1. The zero-order valence-electron chi connectivity index (χ0n) is 13.7. The monoisotopic (exact) mass is 352 g/mol. The lowest BCUT2D eigenvalue weighted by Gasteiger charge is -2.24. The van der Waals surface area contributed by atoms with E-state index in [0.29, 0.717) is 25.1 Å². The van der Waals surface area contributed by atoms with Crippen molar-refractivity contribution in [3.8, 4) is 0 Å². The molecule has 2 atom stereocenters. The molecule has 1 aliphatic heterocycles. The van der Waals surface area contributed by atoms with Crippen LogP contribution in [0.1, 0.15) is 48.5 Å². The first-order valence-electron chi connectivity index (χ1n) is 8.37. The summed E-state index contributed by atoms with van der Waals surface area (Å²) in [5.41, 5.74) is 1.25. The van der Waals surface area contributed by atoms with Crippen LogP contribution in [0.15, 0.2) is 23.6 Å². The van der Waals surface area contributed by atoms with E-state index in [2.05, 4.69) is 11.9 Å². The van der Waals surface area contributed by atoms with Gasteiger partial charge in [-0.25, -0.2) is 13.8 Å². The summed E-state index contributed by atoms with van der Waals surface area (Å²) in [5, 5.41) is 13.1. The Morgan fingerprint density at radius 3 is 3.00 bits per heavy atom. The molecule has 0 saturated carbocycles. The van der Waals surface area contributed by atoms with E-state index in [1.165, 1.54) is 6.07 Å². The third-order valence-electron chi connectivity index (χ3n) is 4.41. The maximum Gasteiger partial charge on any atom is 0.128 e. The van der Waals surface area contributed by atoms with Gasteiger partial charge in [0.25, 0.3) is 0 Å². The van der Waals surface area contributed by atoms with Crippen molar-refractivity contribution in [1.29, 1.82) is 0 Å². The fourth-order valence-electron chi connectivity index (χ4n) is 3.22. The summed E-state index contributed by atoms with van der Waals surface area (Å²) in [5.74, 6) is -0.884. The second kappa shape index (κ2) is 7.68. The number of benzene rings is 1. The summed E-state index contributed by atoms with van der Waals surface area (Å²) in [4.78, 5) is 6.62. The van der Waals surface area contributed by atoms with Gasteiger partial charge in [0.05, 0.1) is 16.8 Å². The van der Waals surface area contributed by atoms with Crippen LogP contribution in [0.5, 0.6) is 0 Å². The van der Waals surface area contributed by atoms with Gasteiger partial charge in [-0.2, -0.15) is 0 Å². The number of unbranched alkanes of at least 4 members (excludes halogenated alkanes) is 1. The molecular weight excluding hydrogens is 330 g/mol. The molecule has 0 spiro atoms. The van der Waals surface area contributed by atoms with E-state index in [9.17, 15) is 13.9 Å². The van der Waals surface area contributed by atoms with Crippen LogP contribution in [0, 0.1) is 11.6 Å². The standard InChI is InChI=1S/C18H22F2N2OS/c1-2-3-4-18-21-13(11-24-18)9-22-10-14(23)8-17(22)15-7-12(19)5-6-16(15)20/h5-7,11,14,17,23H,2-4,8-10H2,1H3/t14-,17+/m1/s1. The number of nitrogens with zero attached hydrogens (tertiary/aromatic N) is 2. The zero-order chi connectivity index (χ0) is 17.1. The Morgan fingerprint density at radius 1 is 1.38 bits per heavy atom. The lowest BCUT2D eigenvalue weighted by atomic mass is 10.0. The molecule has 0 unspecified atom stereocenters. The van der Waals surface area contributed by atoms with Crippen molar-refractivity contribution in [1.82, 2.24) is 9.88 Å². The average molecular weight is 352 g/mol. The van der Waals surface area contributed by atoms with Gasteiger partial charge in [0, 0.05) is 30.1 Å². The summed E-state index contributed by atoms with van der Waals surface area (Å²) >= 11 is 1.64. The quantitative estimate of drug-likeness (QED) is 0.851. The van der Waals surface area contributed by atoms with Crippen molar-refractivity contribution in [2.75, 3.05) is 6.54 Å². The van der Waals surface area contributed by atoms with Gasteiger partial charge in [0.15, 0.2) is 0 Å². The van der Waals surface area contributed by atoms with Crippen molar-refractivity contribution >= 4 is 11.3 Å². The summed E-state index contributed by atoms with van der Waals surface area (Å²) < 4.78 is 27.6. The SMILES string of the molecule is CCCCc1nc(CN2C[C@H](O)C[C@H]2c2cc(F)ccc2F)cs1. The van der Waals surface area contributed by atoms with Crippen LogP contribution in [0.2, 0.25) is 0 Å². The predicted octanol–water partition coefficient (Wildman–Crippen LogP) is 4.07. The number of aryl methyl sites for hydroxylation is 1. The van der Waals surface area contributed by atoms with Crippen molar-refractivity contribution in [3.63, 3.8) is 0 Å². The first-order chi connectivity index (χ1) is 11.6. The Bertz CT molecular complexity index is 691. The second-order valence-corrected chi connectivity index (χ2v) is 7.28. The molecule has 1 aromatic carbocycles. The Balaban J connectivity index is 1.76. The van der Waals surface area contributed by atoms with Crippen LogP contribution in [0.3, 0.4) is 0 Å². The fraction of sp³-hybridized carbons (Fsp3) is 0.500. The van der Waals surface area contributed by atoms with E-state index >= 15 is 0 Å². The number of likely N-dealkylation sites (tertiary alicyclic amines) is 1. The molecule has 130 valence electrons. The van der Waals surface area contributed by atoms with Gasteiger partial charge in [-0.3, -0.25) is 4.90 Å². The normalized spacial score (nSPS) is 21.5. The highest BCUT2D eigenvalue weighted by Crippen LogP contribution is 2.35. The zero-order valence-corrected chi connectivity index (χ0v) is 14.5. The largest absolute Gasteiger partial charge is 0.392 e. The van der Waals surface area contributed by atoms with E-state index < -0.39 is 17.7 Å². The van der Waals surface area contributed by atoms with Gasteiger partial charge in [-0.1, -0.05) is 13.3 Å². The summed E-state index contributed by atoms with van der Waals surface area (Å²) in [6, 6.07) is 3.18. The van der Waals surface area contributed by atoms with Crippen molar-refractivity contribution in [3.05, 3.63) is 51.5 Å². The maximum absolute atomic E-state index is 14.1. The molecule has 1 N–H and O–H groups in total. The van der Waals surface area contributed by atoms with Crippen LogP contribution in [0.4, 0.5) is 8.78 Å². The van der Waals surface area contributed by atoms with E-state index in [1.54, 1.807) is 11.3 Å². The van der Waals surface area contributed by atoms with E-state index in [0.717, 1.165) is 42.1 Å². The molecule has 2 heterocycles. The topological polar surface area (TPSA) is 36.4 Å².